The minimum atomic E-state index is -0.363. The molecule has 0 atom stereocenters. The number of halogens is 1. The summed E-state index contributed by atoms with van der Waals surface area (Å²) in [6.07, 6.45) is 0. The number of rotatable bonds is 2. The second-order valence-corrected chi connectivity index (χ2v) is 6.89. The number of hydrogen-bond donors (Lipinski definition) is 1. The van der Waals surface area contributed by atoms with Gasteiger partial charge in [0, 0.05) is 31.9 Å². The molecule has 0 unspecified atom stereocenters. The van der Waals surface area contributed by atoms with Gasteiger partial charge in [0.25, 0.3) is 0 Å². The number of anilines is 2. The van der Waals surface area contributed by atoms with Crippen LogP contribution in [-0.2, 0) is 0 Å². The van der Waals surface area contributed by atoms with Gasteiger partial charge in [0.1, 0.15) is 5.82 Å². The van der Waals surface area contributed by atoms with Crippen molar-refractivity contribution in [2.45, 2.75) is 0 Å². The van der Waals surface area contributed by atoms with Crippen LogP contribution in [0.1, 0.15) is 0 Å². The number of carbonyl (C=O) groups is 1. The molecule has 1 aliphatic heterocycles. The number of piperazine rings is 1. The van der Waals surface area contributed by atoms with Crippen molar-refractivity contribution in [3.8, 4) is 0 Å². The first-order chi connectivity index (χ1) is 12.2. The third-order valence-electron chi connectivity index (χ3n) is 4.20. The number of hydrogen-bond acceptors (Lipinski definition) is 4. The topological polar surface area (TPSA) is 48.5 Å². The monoisotopic (exact) mass is 356 g/mol. The molecule has 1 fully saturated rings. The Kier molecular flexibility index (Phi) is 4.23. The summed E-state index contributed by atoms with van der Waals surface area (Å²) in [5.41, 5.74) is 1.48. The molecule has 2 aromatic carbocycles. The lowest BCUT2D eigenvalue weighted by molar-refractivity contribution is 0.208. The molecule has 5 nitrogen and oxygen atoms in total. The van der Waals surface area contributed by atoms with Gasteiger partial charge in [-0.25, -0.2) is 14.2 Å². The maximum Gasteiger partial charge on any atom is 0.321 e. The van der Waals surface area contributed by atoms with Crippen LogP contribution >= 0.6 is 11.3 Å². The summed E-state index contributed by atoms with van der Waals surface area (Å²) in [4.78, 5) is 20.9. The van der Waals surface area contributed by atoms with Gasteiger partial charge in [-0.2, -0.15) is 0 Å². The lowest BCUT2D eigenvalue weighted by Crippen LogP contribution is -2.50. The van der Waals surface area contributed by atoms with Gasteiger partial charge in [-0.1, -0.05) is 29.5 Å². The van der Waals surface area contributed by atoms with Crippen molar-refractivity contribution in [2.24, 2.45) is 0 Å². The van der Waals surface area contributed by atoms with E-state index in [1.807, 2.05) is 18.2 Å². The predicted octanol–water partition coefficient (Wildman–Crippen LogP) is 3.79. The Morgan fingerprint density at radius 1 is 1.08 bits per heavy atom. The van der Waals surface area contributed by atoms with Crippen molar-refractivity contribution in [2.75, 3.05) is 36.4 Å². The summed E-state index contributed by atoms with van der Waals surface area (Å²) in [6.45, 7) is 2.68. The van der Waals surface area contributed by atoms with Crippen LogP contribution in [0, 0.1) is 5.82 Å². The van der Waals surface area contributed by atoms with E-state index in [0.717, 1.165) is 23.7 Å². The molecule has 1 N–H and O–H groups in total. The SMILES string of the molecule is O=C(Nc1cccc(F)c1)N1CCN(c2nc3ccccc3s2)CC1. The molecule has 0 aliphatic carbocycles. The van der Waals surface area contributed by atoms with Crippen molar-refractivity contribution >= 4 is 38.4 Å². The summed E-state index contributed by atoms with van der Waals surface area (Å²) in [7, 11) is 0. The number of carbonyl (C=O) groups excluding carboxylic acids is 1. The van der Waals surface area contributed by atoms with Gasteiger partial charge in [-0.05, 0) is 30.3 Å². The fraction of sp³-hybridized carbons (Fsp3) is 0.222. The molecule has 1 aliphatic rings. The highest BCUT2D eigenvalue weighted by molar-refractivity contribution is 7.22. The van der Waals surface area contributed by atoms with Crippen LogP contribution in [0.25, 0.3) is 10.2 Å². The molecule has 25 heavy (non-hydrogen) atoms. The van der Waals surface area contributed by atoms with Crippen molar-refractivity contribution < 1.29 is 9.18 Å². The molecule has 2 heterocycles. The van der Waals surface area contributed by atoms with E-state index in [0.29, 0.717) is 18.8 Å². The number of amides is 2. The number of fused-ring (bicyclic) bond motifs is 1. The zero-order chi connectivity index (χ0) is 17.2. The largest absolute Gasteiger partial charge is 0.345 e. The quantitative estimate of drug-likeness (QED) is 0.760. The van der Waals surface area contributed by atoms with Crippen LogP contribution < -0.4 is 10.2 Å². The molecule has 128 valence electrons. The highest BCUT2D eigenvalue weighted by Crippen LogP contribution is 2.29. The first kappa shape index (κ1) is 15.8. The first-order valence-corrected chi connectivity index (χ1v) is 8.93. The minimum absolute atomic E-state index is 0.199. The van der Waals surface area contributed by atoms with E-state index in [1.54, 1.807) is 28.4 Å². The smallest absolute Gasteiger partial charge is 0.321 e. The third kappa shape index (κ3) is 3.41. The molecule has 3 aromatic rings. The number of urea groups is 1. The summed E-state index contributed by atoms with van der Waals surface area (Å²) < 4.78 is 14.4. The number of para-hydroxylation sites is 1. The van der Waals surface area contributed by atoms with E-state index in [2.05, 4.69) is 21.3 Å². The van der Waals surface area contributed by atoms with Crippen LogP contribution in [-0.4, -0.2) is 42.1 Å². The average molecular weight is 356 g/mol. The zero-order valence-corrected chi connectivity index (χ0v) is 14.3. The molecule has 0 bridgehead atoms. The second-order valence-electron chi connectivity index (χ2n) is 5.88. The highest BCUT2D eigenvalue weighted by Gasteiger charge is 2.23. The van der Waals surface area contributed by atoms with E-state index < -0.39 is 0 Å². The predicted molar refractivity (Wildman–Crippen MR) is 98.8 cm³/mol. The number of aromatic nitrogens is 1. The fourth-order valence-corrected chi connectivity index (χ4v) is 3.88. The average Bonchev–Trinajstić information content (AvgIpc) is 3.06. The van der Waals surface area contributed by atoms with Crippen LogP contribution in [0.2, 0.25) is 0 Å². The van der Waals surface area contributed by atoms with Crippen molar-refractivity contribution in [3.63, 3.8) is 0 Å². The van der Waals surface area contributed by atoms with Gasteiger partial charge in [0.05, 0.1) is 10.2 Å². The van der Waals surface area contributed by atoms with Gasteiger partial charge in [-0.3, -0.25) is 0 Å². The Hall–Kier alpha value is -2.67. The second kappa shape index (κ2) is 6.68. The minimum Gasteiger partial charge on any atom is -0.345 e. The van der Waals surface area contributed by atoms with Crippen molar-refractivity contribution in [1.82, 2.24) is 9.88 Å². The Morgan fingerprint density at radius 3 is 2.64 bits per heavy atom. The molecule has 0 saturated carbocycles. The van der Waals surface area contributed by atoms with Crippen molar-refractivity contribution in [1.29, 1.82) is 0 Å². The van der Waals surface area contributed by atoms with Gasteiger partial charge in [-0.15, -0.1) is 0 Å². The van der Waals surface area contributed by atoms with Crippen LogP contribution in [0.3, 0.4) is 0 Å². The third-order valence-corrected chi connectivity index (χ3v) is 5.29. The Morgan fingerprint density at radius 2 is 1.88 bits per heavy atom. The van der Waals surface area contributed by atoms with Gasteiger partial charge >= 0.3 is 6.03 Å². The Bertz CT molecular complexity index is 872. The first-order valence-electron chi connectivity index (χ1n) is 8.11. The molecule has 7 heteroatoms. The van der Waals surface area contributed by atoms with Gasteiger partial charge < -0.3 is 15.1 Å². The number of nitrogens with one attached hydrogen (secondary N) is 1. The molecule has 0 radical (unpaired) electrons. The number of benzene rings is 2. The molecule has 4 rings (SSSR count). The van der Waals surface area contributed by atoms with Crippen molar-refractivity contribution in [3.05, 3.63) is 54.3 Å². The summed E-state index contributed by atoms with van der Waals surface area (Å²) in [5, 5.41) is 3.74. The molecular formula is C18H17FN4OS. The maximum absolute atomic E-state index is 13.2. The lowest BCUT2D eigenvalue weighted by Gasteiger charge is -2.34. The Balaban J connectivity index is 1.38. The summed E-state index contributed by atoms with van der Waals surface area (Å²) in [6, 6.07) is 13.8. The van der Waals surface area contributed by atoms with E-state index in [9.17, 15) is 9.18 Å². The molecular weight excluding hydrogens is 339 g/mol. The molecule has 1 aromatic heterocycles. The van der Waals surface area contributed by atoms with E-state index in [1.165, 1.54) is 16.8 Å². The standard InChI is InChI=1S/C18H17FN4OS/c19-13-4-3-5-14(12-13)20-17(24)22-8-10-23(11-9-22)18-21-15-6-1-2-7-16(15)25-18/h1-7,12H,8-11H2,(H,20,24). The molecule has 0 spiro atoms. The summed E-state index contributed by atoms with van der Waals surface area (Å²) in [5.74, 6) is -0.363. The molecule has 2 amide bonds. The fourth-order valence-electron chi connectivity index (χ4n) is 2.86. The van der Waals surface area contributed by atoms with Gasteiger partial charge in [0.2, 0.25) is 0 Å². The normalized spacial score (nSPS) is 14.8. The van der Waals surface area contributed by atoms with Crippen LogP contribution in [0.4, 0.5) is 20.0 Å². The molecule has 1 saturated heterocycles. The van der Waals surface area contributed by atoms with E-state index >= 15 is 0 Å². The highest BCUT2D eigenvalue weighted by atomic mass is 32.1. The Labute approximate surface area is 148 Å². The van der Waals surface area contributed by atoms with Crippen LogP contribution in [0.5, 0.6) is 0 Å². The van der Waals surface area contributed by atoms with Gasteiger partial charge in [0.15, 0.2) is 5.13 Å². The van der Waals surface area contributed by atoms with E-state index in [-0.39, 0.29) is 11.8 Å². The summed E-state index contributed by atoms with van der Waals surface area (Å²) >= 11 is 1.67. The lowest BCUT2D eigenvalue weighted by atomic mass is 10.3. The van der Waals surface area contributed by atoms with E-state index in [4.69, 9.17) is 0 Å². The maximum atomic E-state index is 13.2. The number of nitrogens with zero attached hydrogens (tertiary/aromatic N) is 3. The number of thiazole rings is 1. The zero-order valence-electron chi connectivity index (χ0n) is 13.5. The van der Waals surface area contributed by atoms with Crippen LogP contribution in [0.15, 0.2) is 48.5 Å².